The molecule has 3 aromatic rings. The van der Waals surface area contributed by atoms with Gasteiger partial charge in [0.15, 0.2) is 11.5 Å². The number of nitrogen functional groups attached to an aromatic ring is 1. The minimum absolute atomic E-state index is 0.00416. The Hall–Kier alpha value is -3.68. The molecule has 54 heavy (non-hydrogen) atoms. The quantitative estimate of drug-likeness (QED) is 0.220. The molecule has 2 N–H and O–H groups in total. The average molecular weight is 816 g/mol. The van der Waals surface area contributed by atoms with E-state index in [0.717, 1.165) is 20.0 Å². The van der Waals surface area contributed by atoms with Gasteiger partial charge in [-0.1, -0.05) is 23.2 Å². The molecule has 21 heteroatoms. The first-order chi connectivity index (χ1) is 25.4. The number of carbonyl (C=O) groups is 1. The molecular formula is C33H36Cl2F8N8O3. The van der Waals surface area contributed by atoms with E-state index in [2.05, 4.69) is 20.0 Å². The second-order valence-corrected chi connectivity index (χ2v) is 14.3. The van der Waals surface area contributed by atoms with E-state index in [1.54, 1.807) is 4.90 Å². The summed E-state index contributed by atoms with van der Waals surface area (Å²) in [7, 11) is 2.27. The zero-order chi connectivity index (χ0) is 39.3. The van der Waals surface area contributed by atoms with Crippen LogP contribution in [0.15, 0.2) is 6.07 Å². The maximum atomic E-state index is 15.1. The van der Waals surface area contributed by atoms with Crippen LogP contribution in [-0.4, -0.2) is 94.2 Å². The molecule has 0 aliphatic carbocycles. The number of carbonyl (C=O) groups excluding carboxylic acids is 1. The summed E-state index contributed by atoms with van der Waals surface area (Å²) in [5, 5.41) is 3.25. The Morgan fingerprint density at radius 3 is 2.54 bits per heavy atom. The topological polar surface area (TPSA) is 115 Å². The van der Waals surface area contributed by atoms with E-state index < -0.39 is 64.7 Å². The van der Waals surface area contributed by atoms with Crippen LogP contribution in [0.3, 0.4) is 0 Å². The molecule has 6 heterocycles. The summed E-state index contributed by atoms with van der Waals surface area (Å²) in [5.41, 5.74) is 3.33. The number of ether oxygens (including phenoxy) is 2. The maximum Gasteiger partial charge on any atom is 0.418 e. The summed E-state index contributed by atoms with van der Waals surface area (Å²) in [6, 6.07) is 1.16. The highest BCUT2D eigenvalue weighted by molar-refractivity contribution is 6.34. The lowest BCUT2D eigenvalue weighted by Gasteiger charge is -2.31. The molecule has 2 fully saturated rings. The lowest BCUT2D eigenvalue weighted by Crippen LogP contribution is -2.36. The van der Waals surface area contributed by atoms with Crippen molar-refractivity contribution in [2.24, 2.45) is 0 Å². The van der Waals surface area contributed by atoms with Gasteiger partial charge < -0.3 is 25.0 Å². The molecule has 0 bridgehead atoms. The Labute approximate surface area is 314 Å². The van der Waals surface area contributed by atoms with E-state index in [4.69, 9.17) is 38.4 Å². The lowest BCUT2D eigenvalue weighted by atomic mass is 9.93. The van der Waals surface area contributed by atoms with Gasteiger partial charge in [-0.15, -0.1) is 0 Å². The van der Waals surface area contributed by atoms with Crippen LogP contribution in [0.2, 0.25) is 10.0 Å². The van der Waals surface area contributed by atoms with Crippen molar-refractivity contribution in [3.63, 3.8) is 0 Å². The van der Waals surface area contributed by atoms with E-state index in [1.165, 1.54) is 24.6 Å². The smallest absolute Gasteiger partial charge is 0.418 e. The first kappa shape index (κ1) is 40.0. The zero-order valence-corrected chi connectivity index (χ0v) is 30.5. The number of aryl methyl sites for hydroxylation is 1. The van der Waals surface area contributed by atoms with Crippen LogP contribution < -0.4 is 15.4 Å². The van der Waals surface area contributed by atoms with Gasteiger partial charge >= 0.3 is 18.4 Å². The summed E-state index contributed by atoms with van der Waals surface area (Å²) in [6.07, 6.45) is -8.19. The average Bonchev–Trinajstić information content (AvgIpc) is 3.71. The van der Waals surface area contributed by atoms with Crippen LogP contribution in [0.25, 0.3) is 0 Å². The number of benzene rings is 1. The summed E-state index contributed by atoms with van der Waals surface area (Å²) in [4.78, 5) is 26.0. The molecule has 2 saturated heterocycles. The molecule has 0 radical (unpaired) electrons. The molecule has 4 aliphatic rings. The number of aromatic nitrogens is 4. The Balaban J connectivity index is 0.000000478. The monoisotopic (exact) mass is 814 g/mol. The van der Waals surface area contributed by atoms with Crippen molar-refractivity contribution in [1.82, 2.24) is 29.5 Å². The Bertz CT molecular complexity index is 1880. The van der Waals surface area contributed by atoms with Crippen molar-refractivity contribution in [2.45, 2.75) is 82.5 Å². The van der Waals surface area contributed by atoms with Crippen LogP contribution in [0, 0.1) is 5.82 Å². The normalized spacial score (nSPS) is 21.5. The fourth-order valence-corrected chi connectivity index (χ4v) is 7.98. The number of halogens is 10. The van der Waals surface area contributed by atoms with Gasteiger partial charge in [-0.2, -0.15) is 41.4 Å². The van der Waals surface area contributed by atoms with Crippen molar-refractivity contribution in [3.05, 3.63) is 55.7 Å². The number of hydrogen-bond acceptors (Lipinski definition) is 9. The molecule has 1 aromatic carbocycles. The van der Waals surface area contributed by atoms with Crippen molar-refractivity contribution in [3.8, 4) is 6.01 Å². The van der Waals surface area contributed by atoms with E-state index in [1.807, 2.05) is 0 Å². The van der Waals surface area contributed by atoms with E-state index >= 15 is 4.39 Å². The van der Waals surface area contributed by atoms with Crippen LogP contribution in [0.1, 0.15) is 70.4 Å². The first-order valence-corrected chi connectivity index (χ1v) is 17.7. The SMILES string of the molecule is COc1nc2c(c(N3CCCn4nc(C(=O)N(C)CC(F)(F)F)c(Cl)c4C3)n1)COC(c1c(F)c(N)cc(Cl)c1C(F)(F)F)C2.FC1CC2CCCN2C1. The zero-order valence-electron chi connectivity index (χ0n) is 29.0. The second kappa shape index (κ2) is 15.5. The summed E-state index contributed by atoms with van der Waals surface area (Å²) < 4.78 is 121. The largest absolute Gasteiger partial charge is 0.467 e. The van der Waals surface area contributed by atoms with Gasteiger partial charge in [0.25, 0.3) is 5.91 Å². The highest BCUT2D eigenvalue weighted by Crippen LogP contribution is 2.46. The molecule has 0 spiro atoms. The second-order valence-electron chi connectivity index (χ2n) is 13.5. The fourth-order valence-electron chi connectivity index (χ4n) is 7.37. The van der Waals surface area contributed by atoms with Crippen LogP contribution in [0.5, 0.6) is 6.01 Å². The summed E-state index contributed by atoms with van der Waals surface area (Å²) in [5.74, 6) is -2.06. The molecule has 7 rings (SSSR count). The van der Waals surface area contributed by atoms with E-state index in [-0.39, 0.29) is 54.4 Å². The number of alkyl halides is 7. The number of fused-ring (bicyclic) bond motifs is 3. The number of amides is 1. The third kappa shape index (κ3) is 8.28. The van der Waals surface area contributed by atoms with Crippen molar-refractivity contribution < 1.29 is 49.4 Å². The number of anilines is 2. The van der Waals surface area contributed by atoms with Gasteiger partial charge in [-0.05, 0) is 38.3 Å². The van der Waals surface area contributed by atoms with E-state index in [0.29, 0.717) is 47.8 Å². The third-order valence-corrected chi connectivity index (χ3v) is 10.5. The summed E-state index contributed by atoms with van der Waals surface area (Å²) in [6.45, 7) is 0.634. The number of nitrogens with zero attached hydrogens (tertiary/aromatic N) is 7. The molecular weight excluding hydrogens is 779 g/mol. The Morgan fingerprint density at radius 2 is 1.87 bits per heavy atom. The van der Waals surface area contributed by atoms with Gasteiger partial charge in [0.1, 0.15) is 18.5 Å². The maximum absolute atomic E-state index is 15.1. The van der Waals surface area contributed by atoms with Gasteiger partial charge in [-0.3, -0.25) is 14.4 Å². The number of hydrogen-bond donors (Lipinski definition) is 1. The molecule has 296 valence electrons. The van der Waals surface area contributed by atoms with Crippen LogP contribution >= 0.6 is 23.2 Å². The minimum atomic E-state index is -5.02. The Kier molecular flexibility index (Phi) is 11.4. The molecule has 4 aliphatic heterocycles. The van der Waals surface area contributed by atoms with Crippen molar-refractivity contribution in [2.75, 3.05) is 51.0 Å². The predicted octanol–water partition coefficient (Wildman–Crippen LogP) is 6.78. The predicted molar refractivity (Wildman–Crippen MR) is 181 cm³/mol. The molecule has 3 unspecified atom stereocenters. The third-order valence-electron chi connectivity index (χ3n) is 9.78. The van der Waals surface area contributed by atoms with Gasteiger partial charge in [0.05, 0.1) is 59.0 Å². The van der Waals surface area contributed by atoms with E-state index in [9.17, 15) is 35.5 Å². The number of nitrogens with two attached hydrogens (primary N) is 1. The lowest BCUT2D eigenvalue weighted by molar-refractivity contribution is -0.140. The van der Waals surface area contributed by atoms with Gasteiger partial charge in [0.2, 0.25) is 0 Å². The molecule has 3 atom stereocenters. The van der Waals surface area contributed by atoms with Gasteiger partial charge in [-0.25, -0.2) is 8.78 Å². The highest BCUT2D eigenvalue weighted by Gasteiger charge is 2.43. The minimum Gasteiger partial charge on any atom is -0.467 e. The molecule has 11 nitrogen and oxygen atoms in total. The van der Waals surface area contributed by atoms with Crippen molar-refractivity contribution >= 4 is 40.6 Å². The van der Waals surface area contributed by atoms with Gasteiger partial charge in [0, 0.05) is 50.3 Å². The standard InChI is InChI=1S/C26H24Cl2F7N7O3.C7H12FN/c1-40(10-25(30,31)32)23(43)21-19(28)15-8-41(4-3-5-42(15)39-21)22-11-9-45-16(7-14(11)37-24(38-22)44-2)17-18(26(33,34)35)12(27)6-13(36)20(17)29;8-6-4-7-2-1-3-9(7)5-6/h6,16H,3-5,7-10,36H2,1-2H3;6-7H,1-5H2. The molecule has 1 amide bonds. The van der Waals surface area contributed by atoms with Crippen molar-refractivity contribution in [1.29, 1.82) is 0 Å². The fraction of sp³-hybridized carbons (Fsp3) is 0.576. The molecule has 0 saturated carbocycles. The first-order valence-electron chi connectivity index (χ1n) is 17.0. The van der Waals surface area contributed by atoms with Crippen LogP contribution in [-0.2, 0) is 37.0 Å². The highest BCUT2D eigenvalue weighted by atomic mass is 35.5. The number of methoxy groups -OCH3 is 1. The Morgan fingerprint density at radius 1 is 1.13 bits per heavy atom. The number of rotatable bonds is 5. The summed E-state index contributed by atoms with van der Waals surface area (Å²) >= 11 is 12.3. The van der Waals surface area contributed by atoms with Crippen LogP contribution in [0.4, 0.5) is 46.6 Å². The molecule has 2 aromatic heterocycles.